The molecule has 0 amide bonds. The highest BCUT2D eigenvalue weighted by atomic mass is 16.5. The Bertz CT molecular complexity index is 673. The smallest absolute Gasteiger partial charge is 0.247 e. The zero-order valence-electron chi connectivity index (χ0n) is 12.9. The maximum absolute atomic E-state index is 5.64. The van der Waals surface area contributed by atoms with Crippen molar-refractivity contribution < 1.29 is 9.47 Å². The molecule has 7 nitrogen and oxygen atoms in total. The fourth-order valence-corrected chi connectivity index (χ4v) is 1.84. The van der Waals surface area contributed by atoms with Crippen molar-refractivity contribution in [3.8, 4) is 11.6 Å². The molecule has 0 unspecified atom stereocenters. The molecule has 0 aliphatic rings. The molecule has 22 heavy (non-hydrogen) atoms. The molecule has 1 aromatic carbocycles. The SMILES string of the molecule is CCOc1ccccc1N=Nc1c(C)nc(N)nc1OCC. The van der Waals surface area contributed by atoms with E-state index in [1.165, 1.54) is 0 Å². The van der Waals surface area contributed by atoms with Crippen LogP contribution in [-0.4, -0.2) is 23.2 Å². The highest BCUT2D eigenvalue weighted by molar-refractivity contribution is 5.55. The molecule has 1 aromatic heterocycles. The molecule has 0 spiro atoms. The first-order valence-electron chi connectivity index (χ1n) is 7.06. The highest BCUT2D eigenvalue weighted by Gasteiger charge is 2.12. The molecule has 2 rings (SSSR count). The quantitative estimate of drug-likeness (QED) is 0.823. The van der Waals surface area contributed by atoms with Gasteiger partial charge < -0.3 is 15.2 Å². The minimum Gasteiger partial charge on any atom is -0.492 e. The molecule has 2 N–H and O–H groups in total. The van der Waals surface area contributed by atoms with Crippen LogP contribution in [0, 0.1) is 6.92 Å². The van der Waals surface area contributed by atoms with Crippen LogP contribution in [0.3, 0.4) is 0 Å². The summed E-state index contributed by atoms with van der Waals surface area (Å²) in [6, 6.07) is 7.41. The van der Waals surface area contributed by atoms with Crippen molar-refractivity contribution in [2.45, 2.75) is 20.8 Å². The predicted octanol–water partition coefficient (Wildman–Crippen LogP) is 3.58. The Labute approximate surface area is 129 Å². The molecule has 0 bridgehead atoms. The Balaban J connectivity index is 2.38. The van der Waals surface area contributed by atoms with E-state index in [4.69, 9.17) is 15.2 Å². The number of benzene rings is 1. The number of aryl methyl sites for hydroxylation is 1. The highest BCUT2D eigenvalue weighted by Crippen LogP contribution is 2.33. The molecule has 0 saturated heterocycles. The lowest BCUT2D eigenvalue weighted by Gasteiger charge is -2.08. The van der Waals surface area contributed by atoms with Gasteiger partial charge in [-0.05, 0) is 32.9 Å². The summed E-state index contributed by atoms with van der Waals surface area (Å²) in [5, 5.41) is 8.45. The molecular formula is C15H19N5O2. The summed E-state index contributed by atoms with van der Waals surface area (Å²) in [6.45, 7) is 6.57. The third-order valence-electron chi connectivity index (χ3n) is 2.75. The number of aromatic nitrogens is 2. The lowest BCUT2D eigenvalue weighted by Crippen LogP contribution is -2.02. The van der Waals surface area contributed by atoms with Gasteiger partial charge in [-0.3, -0.25) is 0 Å². The number of azo groups is 1. The second-order valence-corrected chi connectivity index (χ2v) is 4.35. The fraction of sp³-hybridized carbons (Fsp3) is 0.333. The van der Waals surface area contributed by atoms with E-state index in [1.807, 2.05) is 38.1 Å². The summed E-state index contributed by atoms with van der Waals surface area (Å²) < 4.78 is 11.0. The molecule has 0 aliphatic heterocycles. The molecule has 1 heterocycles. The van der Waals surface area contributed by atoms with E-state index in [9.17, 15) is 0 Å². The number of nitrogens with two attached hydrogens (primary N) is 1. The molecule has 0 fully saturated rings. The van der Waals surface area contributed by atoms with Crippen molar-refractivity contribution in [2.75, 3.05) is 18.9 Å². The van der Waals surface area contributed by atoms with Gasteiger partial charge in [0.2, 0.25) is 11.8 Å². The average Bonchev–Trinajstić information content (AvgIpc) is 2.48. The Kier molecular flexibility index (Phi) is 5.24. The fourth-order valence-electron chi connectivity index (χ4n) is 1.84. The van der Waals surface area contributed by atoms with E-state index in [2.05, 4.69) is 20.2 Å². The van der Waals surface area contributed by atoms with E-state index in [-0.39, 0.29) is 5.95 Å². The standard InChI is InChI=1S/C15H19N5O2/c1-4-21-12-9-7-6-8-11(12)19-20-13-10(3)17-15(16)18-14(13)22-5-2/h6-9H,4-5H2,1-3H3,(H2,16,17,18). The number of nitrogens with zero attached hydrogens (tertiary/aromatic N) is 4. The number of nitrogen functional groups attached to an aromatic ring is 1. The van der Waals surface area contributed by atoms with Crippen molar-refractivity contribution in [1.29, 1.82) is 0 Å². The Morgan fingerprint density at radius 2 is 1.77 bits per heavy atom. The van der Waals surface area contributed by atoms with Gasteiger partial charge >= 0.3 is 0 Å². The van der Waals surface area contributed by atoms with Crippen molar-refractivity contribution in [1.82, 2.24) is 9.97 Å². The van der Waals surface area contributed by atoms with Crippen LogP contribution in [-0.2, 0) is 0 Å². The molecule has 0 saturated carbocycles. The van der Waals surface area contributed by atoms with E-state index in [0.29, 0.717) is 41.9 Å². The van der Waals surface area contributed by atoms with Crippen molar-refractivity contribution in [3.05, 3.63) is 30.0 Å². The lowest BCUT2D eigenvalue weighted by atomic mass is 10.3. The number of ether oxygens (including phenoxy) is 2. The number of rotatable bonds is 6. The minimum absolute atomic E-state index is 0.148. The Morgan fingerprint density at radius 3 is 2.50 bits per heavy atom. The van der Waals surface area contributed by atoms with E-state index in [1.54, 1.807) is 6.92 Å². The van der Waals surface area contributed by atoms with Crippen LogP contribution in [0.4, 0.5) is 17.3 Å². The zero-order chi connectivity index (χ0) is 15.9. The maximum Gasteiger partial charge on any atom is 0.247 e. The number of anilines is 1. The largest absolute Gasteiger partial charge is 0.492 e. The topological polar surface area (TPSA) is 95.0 Å². The predicted molar refractivity (Wildman–Crippen MR) is 84.1 cm³/mol. The van der Waals surface area contributed by atoms with E-state index >= 15 is 0 Å². The lowest BCUT2D eigenvalue weighted by molar-refractivity contribution is 0.327. The third kappa shape index (κ3) is 3.69. The average molecular weight is 301 g/mol. The van der Waals surface area contributed by atoms with Gasteiger partial charge in [0.25, 0.3) is 0 Å². The van der Waals surface area contributed by atoms with E-state index in [0.717, 1.165) is 0 Å². The Hall–Kier alpha value is -2.70. The molecular weight excluding hydrogens is 282 g/mol. The van der Waals surface area contributed by atoms with Crippen LogP contribution >= 0.6 is 0 Å². The van der Waals surface area contributed by atoms with Gasteiger partial charge in [-0.2, -0.15) is 4.98 Å². The van der Waals surface area contributed by atoms with Crippen LogP contribution in [0.15, 0.2) is 34.5 Å². The summed E-state index contributed by atoms with van der Waals surface area (Å²) in [6.07, 6.45) is 0. The molecule has 0 aliphatic carbocycles. The molecule has 7 heteroatoms. The van der Waals surface area contributed by atoms with Crippen molar-refractivity contribution >= 4 is 17.3 Å². The summed E-state index contributed by atoms with van der Waals surface area (Å²) in [4.78, 5) is 8.14. The molecule has 0 atom stereocenters. The van der Waals surface area contributed by atoms with Gasteiger partial charge in [-0.25, -0.2) is 4.98 Å². The number of para-hydroxylation sites is 1. The minimum atomic E-state index is 0.148. The maximum atomic E-state index is 5.64. The first-order chi connectivity index (χ1) is 10.7. The zero-order valence-corrected chi connectivity index (χ0v) is 12.9. The van der Waals surface area contributed by atoms with Crippen LogP contribution in [0.25, 0.3) is 0 Å². The first kappa shape index (κ1) is 15.7. The van der Waals surface area contributed by atoms with Crippen molar-refractivity contribution in [2.24, 2.45) is 10.2 Å². The van der Waals surface area contributed by atoms with Gasteiger partial charge in [0.05, 0.1) is 18.9 Å². The number of hydrogen-bond donors (Lipinski definition) is 1. The van der Waals surface area contributed by atoms with Crippen LogP contribution in [0.2, 0.25) is 0 Å². The summed E-state index contributed by atoms with van der Waals surface area (Å²) >= 11 is 0. The molecule has 2 aromatic rings. The van der Waals surface area contributed by atoms with Gasteiger partial charge in [0.15, 0.2) is 5.69 Å². The van der Waals surface area contributed by atoms with Crippen LogP contribution in [0.1, 0.15) is 19.5 Å². The third-order valence-corrected chi connectivity index (χ3v) is 2.75. The normalized spacial score (nSPS) is 10.9. The molecule has 116 valence electrons. The van der Waals surface area contributed by atoms with Crippen molar-refractivity contribution in [3.63, 3.8) is 0 Å². The molecule has 0 radical (unpaired) electrons. The summed E-state index contributed by atoms with van der Waals surface area (Å²) in [5.74, 6) is 1.14. The monoisotopic (exact) mass is 301 g/mol. The van der Waals surface area contributed by atoms with Gasteiger partial charge in [-0.1, -0.05) is 12.1 Å². The van der Waals surface area contributed by atoms with Gasteiger partial charge in [0, 0.05) is 0 Å². The van der Waals surface area contributed by atoms with Crippen LogP contribution < -0.4 is 15.2 Å². The van der Waals surface area contributed by atoms with Gasteiger partial charge in [-0.15, -0.1) is 10.2 Å². The van der Waals surface area contributed by atoms with Gasteiger partial charge in [0.1, 0.15) is 11.4 Å². The van der Waals surface area contributed by atoms with Crippen LogP contribution in [0.5, 0.6) is 11.6 Å². The second-order valence-electron chi connectivity index (χ2n) is 4.35. The number of hydrogen-bond acceptors (Lipinski definition) is 7. The first-order valence-corrected chi connectivity index (χ1v) is 7.06. The second kappa shape index (κ2) is 7.35. The Morgan fingerprint density at radius 1 is 1.05 bits per heavy atom. The summed E-state index contributed by atoms with van der Waals surface area (Å²) in [5.41, 5.74) is 7.33. The summed E-state index contributed by atoms with van der Waals surface area (Å²) in [7, 11) is 0. The van der Waals surface area contributed by atoms with E-state index < -0.39 is 0 Å².